The molecule has 0 aliphatic carbocycles. The summed E-state index contributed by atoms with van der Waals surface area (Å²) in [6.45, 7) is 1.63. The number of carbonyl (C=O) groups is 2. The van der Waals surface area contributed by atoms with E-state index in [4.69, 9.17) is 5.26 Å². The molecule has 2 aromatic carbocycles. The van der Waals surface area contributed by atoms with Crippen LogP contribution in [-0.2, 0) is 4.79 Å². The van der Waals surface area contributed by atoms with E-state index in [1.165, 1.54) is 0 Å². The highest BCUT2D eigenvalue weighted by atomic mass is 16.4. The van der Waals surface area contributed by atoms with Crippen LogP contribution in [0.5, 0.6) is 0 Å². The monoisotopic (exact) mass is 347 g/mol. The number of aromatic nitrogens is 1. The van der Waals surface area contributed by atoms with Crippen LogP contribution in [-0.4, -0.2) is 28.0 Å². The van der Waals surface area contributed by atoms with Gasteiger partial charge in [-0.3, -0.25) is 4.79 Å². The lowest BCUT2D eigenvalue weighted by atomic mass is 9.97. The molecule has 6 nitrogen and oxygen atoms in total. The highest BCUT2D eigenvalue weighted by Gasteiger charge is 2.28. The summed E-state index contributed by atoms with van der Waals surface area (Å²) in [6, 6.07) is 15.3. The molecule has 130 valence electrons. The van der Waals surface area contributed by atoms with Gasteiger partial charge in [0.25, 0.3) is 5.91 Å². The number of amides is 1. The first kappa shape index (κ1) is 17.4. The Morgan fingerprint density at radius 3 is 2.15 bits per heavy atom. The van der Waals surface area contributed by atoms with E-state index in [2.05, 4.69) is 10.3 Å². The maximum atomic E-state index is 13.0. The second kappa shape index (κ2) is 7.19. The molecule has 0 unspecified atom stereocenters. The molecule has 1 heterocycles. The molecule has 3 aromatic rings. The van der Waals surface area contributed by atoms with Crippen molar-refractivity contribution in [2.24, 2.45) is 5.92 Å². The van der Waals surface area contributed by atoms with Crippen molar-refractivity contribution in [1.82, 2.24) is 10.3 Å². The molecule has 0 aliphatic heterocycles. The molecular formula is C20H17N3O3. The standard InChI is InChI=1S/C20H17N3O3/c1-12(10-11-21)18(20(25)26)23-19(24)17-13-6-2-4-8-15(13)22-16-9-5-3-7-14(16)17/h2-9,12,18H,10H2,1H3,(H,23,24)(H,25,26)/t12-,18-/m1/s1. The summed E-state index contributed by atoms with van der Waals surface area (Å²) in [5.41, 5.74) is 1.71. The van der Waals surface area contributed by atoms with Crippen LogP contribution in [0.1, 0.15) is 23.7 Å². The SMILES string of the molecule is C[C@H](CC#N)[C@@H](NC(=O)c1c2ccccc2nc2ccccc12)C(=O)O. The number of carbonyl (C=O) groups excluding carboxylic acids is 1. The van der Waals surface area contributed by atoms with Crippen molar-refractivity contribution in [1.29, 1.82) is 5.26 Å². The number of carboxylic acids is 1. The van der Waals surface area contributed by atoms with Gasteiger partial charge >= 0.3 is 5.97 Å². The first-order valence-electron chi connectivity index (χ1n) is 8.21. The van der Waals surface area contributed by atoms with Gasteiger partial charge in [-0.25, -0.2) is 9.78 Å². The number of hydrogen-bond donors (Lipinski definition) is 2. The molecule has 1 aromatic heterocycles. The van der Waals surface area contributed by atoms with Crippen molar-refractivity contribution in [2.45, 2.75) is 19.4 Å². The van der Waals surface area contributed by atoms with Gasteiger partial charge in [-0.05, 0) is 12.1 Å². The Morgan fingerprint density at radius 1 is 1.12 bits per heavy atom. The van der Waals surface area contributed by atoms with Gasteiger partial charge in [-0.2, -0.15) is 5.26 Å². The molecule has 0 bridgehead atoms. The quantitative estimate of drug-likeness (QED) is 0.690. The van der Waals surface area contributed by atoms with E-state index in [0.717, 1.165) is 0 Å². The van der Waals surface area contributed by atoms with Crippen molar-refractivity contribution >= 4 is 33.7 Å². The first-order valence-corrected chi connectivity index (χ1v) is 8.21. The average molecular weight is 347 g/mol. The van der Waals surface area contributed by atoms with Gasteiger partial charge in [-0.1, -0.05) is 43.3 Å². The number of fused-ring (bicyclic) bond motifs is 2. The van der Waals surface area contributed by atoms with Crippen LogP contribution < -0.4 is 5.32 Å². The lowest BCUT2D eigenvalue weighted by molar-refractivity contribution is -0.140. The number of benzene rings is 2. The number of rotatable bonds is 5. The summed E-state index contributed by atoms with van der Waals surface area (Å²) in [6.07, 6.45) is 0.0368. The number of nitrogens with one attached hydrogen (secondary N) is 1. The summed E-state index contributed by atoms with van der Waals surface area (Å²) in [5.74, 6) is -2.17. The molecule has 0 aliphatic rings. The Hall–Kier alpha value is -3.46. The van der Waals surface area contributed by atoms with Gasteiger partial charge in [0.05, 0.1) is 22.7 Å². The Labute approximate surface area is 150 Å². The van der Waals surface area contributed by atoms with Crippen LogP contribution in [0.15, 0.2) is 48.5 Å². The van der Waals surface area contributed by atoms with E-state index in [9.17, 15) is 14.7 Å². The topological polar surface area (TPSA) is 103 Å². The largest absolute Gasteiger partial charge is 0.480 e. The minimum atomic E-state index is -1.16. The zero-order valence-electron chi connectivity index (χ0n) is 14.1. The van der Waals surface area contributed by atoms with Crippen LogP contribution in [0, 0.1) is 17.2 Å². The van der Waals surface area contributed by atoms with Crippen molar-refractivity contribution in [3.63, 3.8) is 0 Å². The number of nitrogens with zero attached hydrogens (tertiary/aromatic N) is 2. The van der Waals surface area contributed by atoms with Crippen molar-refractivity contribution in [3.05, 3.63) is 54.1 Å². The second-order valence-electron chi connectivity index (χ2n) is 6.15. The maximum Gasteiger partial charge on any atom is 0.326 e. The van der Waals surface area contributed by atoms with E-state index < -0.39 is 23.8 Å². The molecule has 0 saturated carbocycles. The van der Waals surface area contributed by atoms with Crippen LogP contribution in [0.3, 0.4) is 0 Å². The van der Waals surface area contributed by atoms with Crippen molar-refractivity contribution in [2.75, 3.05) is 0 Å². The molecular weight excluding hydrogens is 330 g/mol. The smallest absolute Gasteiger partial charge is 0.326 e. The highest BCUT2D eigenvalue weighted by molar-refractivity contribution is 6.16. The van der Waals surface area contributed by atoms with E-state index in [-0.39, 0.29) is 6.42 Å². The summed E-state index contributed by atoms with van der Waals surface area (Å²) in [5, 5.41) is 22.2. The summed E-state index contributed by atoms with van der Waals surface area (Å²) < 4.78 is 0. The van der Waals surface area contributed by atoms with Gasteiger partial charge in [0, 0.05) is 23.1 Å². The molecule has 1 amide bonds. The van der Waals surface area contributed by atoms with Crippen molar-refractivity contribution < 1.29 is 14.7 Å². The van der Waals surface area contributed by atoms with E-state index in [0.29, 0.717) is 27.4 Å². The first-order chi connectivity index (χ1) is 12.5. The summed E-state index contributed by atoms with van der Waals surface area (Å²) in [4.78, 5) is 29.1. The van der Waals surface area contributed by atoms with Crippen LogP contribution in [0.4, 0.5) is 0 Å². The van der Waals surface area contributed by atoms with Crippen LogP contribution in [0.2, 0.25) is 0 Å². The third-order valence-corrected chi connectivity index (χ3v) is 4.35. The fourth-order valence-electron chi connectivity index (χ4n) is 3.01. The van der Waals surface area contributed by atoms with E-state index in [1.807, 2.05) is 42.5 Å². The second-order valence-corrected chi connectivity index (χ2v) is 6.15. The molecule has 0 fully saturated rings. The number of pyridine rings is 1. The third kappa shape index (κ3) is 3.20. The van der Waals surface area contributed by atoms with Gasteiger partial charge in [0.15, 0.2) is 0 Å². The highest BCUT2D eigenvalue weighted by Crippen LogP contribution is 2.26. The average Bonchev–Trinajstić information content (AvgIpc) is 2.63. The number of para-hydroxylation sites is 2. The zero-order valence-corrected chi connectivity index (χ0v) is 14.1. The molecule has 0 spiro atoms. The molecule has 2 N–H and O–H groups in total. The predicted octanol–water partition coefficient (Wildman–Crippen LogP) is 3.12. The molecule has 0 saturated heterocycles. The van der Waals surface area contributed by atoms with Crippen molar-refractivity contribution in [3.8, 4) is 6.07 Å². The predicted molar refractivity (Wildman–Crippen MR) is 97.5 cm³/mol. The zero-order chi connectivity index (χ0) is 18.7. The molecule has 6 heteroatoms. The molecule has 3 rings (SSSR count). The summed E-state index contributed by atoms with van der Waals surface area (Å²) in [7, 11) is 0. The lowest BCUT2D eigenvalue weighted by Gasteiger charge is -2.20. The van der Waals surface area contributed by atoms with Gasteiger partial charge in [-0.15, -0.1) is 0 Å². The number of carboxylic acid groups (broad SMARTS) is 1. The Bertz CT molecular complexity index is 985. The van der Waals surface area contributed by atoms with Gasteiger partial charge in [0.2, 0.25) is 0 Å². The summed E-state index contributed by atoms with van der Waals surface area (Å²) >= 11 is 0. The number of aliphatic carboxylic acids is 1. The van der Waals surface area contributed by atoms with E-state index >= 15 is 0 Å². The minimum absolute atomic E-state index is 0.0368. The van der Waals surface area contributed by atoms with E-state index in [1.54, 1.807) is 19.1 Å². The minimum Gasteiger partial charge on any atom is -0.480 e. The number of nitriles is 1. The van der Waals surface area contributed by atoms with Crippen LogP contribution >= 0.6 is 0 Å². The Kier molecular flexibility index (Phi) is 4.81. The Morgan fingerprint density at radius 2 is 1.65 bits per heavy atom. The normalized spacial score (nSPS) is 13.1. The fraction of sp³-hybridized carbons (Fsp3) is 0.200. The molecule has 0 radical (unpaired) electrons. The fourth-order valence-corrected chi connectivity index (χ4v) is 3.01. The van der Waals surface area contributed by atoms with Gasteiger partial charge in [0.1, 0.15) is 6.04 Å². The van der Waals surface area contributed by atoms with Gasteiger partial charge < -0.3 is 10.4 Å². The Balaban J connectivity index is 2.12. The lowest BCUT2D eigenvalue weighted by Crippen LogP contribution is -2.45. The maximum absolute atomic E-state index is 13.0. The molecule has 2 atom stereocenters. The van der Waals surface area contributed by atoms with Crippen LogP contribution in [0.25, 0.3) is 21.8 Å². The number of hydrogen-bond acceptors (Lipinski definition) is 4. The molecule has 26 heavy (non-hydrogen) atoms. The third-order valence-electron chi connectivity index (χ3n) is 4.35.